The van der Waals surface area contributed by atoms with Crippen LogP contribution < -0.4 is 10.5 Å². The summed E-state index contributed by atoms with van der Waals surface area (Å²) in [6.45, 7) is 1.79. The molecule has 1 aromatic carbocycles. The summed E-state index contributed by atoms with van der Waals surface area (Å²) in [6, 6.07) is 4.18. The molecule has 0 saturated heterocycles. The van der Waals surface area contributed by atoms with Crippen molar-refractivity contribution in [2.24, 2.45) is 7.05 Å². The summed E-state index contributed by atoms with van der Waals surface area (Å²) in [5, 5.41) is 4.13. The number of nitrogens with zero attached hydrogens (tertiary/aromatic N) is 2. The second-order valence-electron chi connectivity index (χ2n) is 3.60. The molecule has 0 bridgehead atoms. The largest absolute Gasteiger partial charge is 0.436 e. The van der Waals surface area contributed by atoms with Crippen molar-refractivity contribution >= 4 is 21.6 Å². The van der Waals surface area contributed by atoms with Crippen molar-refractivity contribution in [2.75, 3.05) is 5.73 Å². The quantitative estimate of drug-likeness (QED) is 0.927. The molecule has 0 aliphatic heterocycles. The number of nitrogens with two attached hydrogens (primary N) is 1. The van der Waals surface area contributed by atoms with Crippen LogP contribution in [0, 0.1) is 12.7 Å². The van der Waals surface area contributed by atoms with E-state index in [-0.39, 0.29) is 5.82 Å². The Morgan fingerprint density at radius 3 is 2.71 bits per heavy atom. The van der Waals surface area contributed by atoms with Gasteiger partial charge in [-0.05, 0) is 41.1 Å². The van der Waals surface area contributed by atoms with Gasteiger partial charge in [-0.1, -0.05) is 0 Å². The van der Waals surface area contributed by atoms with E-state index in [1.807, 2.05) is 0 Å². The molecule has 0 fully saturated rings. The van der Waals surface area contributed by atoms with Gasteiger partial charge in [0.15, 0.2) is 0 Å². The minimum Gasteiger partial charge on any atom is -0.436 e. The Bertz CT molecular complexity index is 568. The highest BCUT2D eigenvalue weighted by Crippen LogP contribution is 2.33. The number of rotatable bonds is 2. The third-order valence-corrected chi connectivity index (χ3v) is 2.93. The smallest absolute Gasteiger partial charge is 0.241 e. The maximum Gasteiger partial charge on any atom is 0.241 e. The fourth-order valence-corrected chi connectivity index (χ4v) is 1.87. The van der Waals surface area contributed by atoms with Crippen molar-refractivity contribution in [3.05, 3.63) is 34.2 Å². The summed E-state index contributed by atoms with van der Waals surface area (Å²) in [7, 11) is 1.73. The number of hydrogen-bond donors (Lipinski definition) is 1. The Kier molecular flexibility index (Phi) is 3.06. The molecule has 0 aliphatic carbocycles. The Labute approximate surface area is 106 Å². The van der Waals surface area contributed by atoms with Crippen LogP contribution in [-0.2, 0) is 7.05 Å². The van der Waals surface area contributed by atoms with E-state index in [0.717, 1.165) is 0 Å². The molecule has 0 aliphatic rings. The SMILES string of the molecule is Cc1nn(C)c(Oc2ccc(F)cc2Br)c1N. The van der Waals surface area contributed by atoms with E-state index in [2.05, 4.69) is 21.0 Å². The van der Waals surface area contributed by atoms with Crippen LogP contribution in [0.4, 0.5) is 10.1 Å². The summed E-state index contributed by atoms with van der Waals surface area (Å²) in [6.07, 6.45) is 0. The van der Waals surface area contributed by atoms with Crippen molar-refractivity contribution in [2.45, 2.75) is 6.92 Å². The number of anilines is 1. The predicted molar refractivity (Wildman–Crippen MR) is 66.5 cm³/mol. The zero-order chi connectivity index (χ0) is 12.6. The minimum atomic E-state index is -0.335. The number of benzene rings is 1. The van der Waals surface area contributed by atoms with Crippen molar-refractivity contribution in [1.82, 2.24) is 9.78 Å². The number of halogens is 2. The van der Waals surface area contributed by atoms with Crippen LogP contribution >= 0.6 is 15.9 Å². The van der Waals surface area contributed by atoms with Gasteiger partial charge in [0.05, 0.1) is 10.2 Å². The van der Waals surface area contributed by atoms with Crippen LogP contribution in [0.15, 0.2) is 22.7 Å². The molecule has 4 nitrogen and oxygen atoms in total. The Hall–Kier alpha value is -1.56. The lowest BCUT2D eigenvalue weighted by Gasteiger charge is -2.08. The molecule has 0 atom stereocenters. The van der Waals surface area contributed by atoms with Crippen LogP contribution in [0.1, 0.15) is 5.69 Å². The summed E-state index contributed by atoms with van der Waals surface area (Å²) in [5.74, 6) is 0.592. The molecule has 0 radical (unpaired) electrons. The minimum absolute atomic E-state index is 0.335. The first-order valence-electron chi connectivity index (χ1n) is 4.91. The van der Waals surface area contributed by atoms with E-state index in [4.69, 9.17) is 10.5 Å². The molecule has 1 aromatic heterocycles. The van der Waals surface area contributed by atoms with E-state index < -0.39 is 0 Å². The standard InChI is InChI=1S/C11H11BrFN3O/c1-6-10(14)11(16(2)15-6)17-9-4-3-7(13)5-8(9)12/h3-5H,14H2,1-2H3. The second-order valence-corrected chi connectivity index (χ2v) is 4.46. The zero-order valence-corrected chi connectivity index (χ0v) is 11.0. The van der Waals surface area contributed by atoms with Crippen molar-refractivity contribution in [1.29, 1.82) is 0 Å². The summed E-state index contributed by atoms with van der Waals surface area (Å²) in [4.78, 5) is 0. The van der Waals surface area contributed by atoms with Gasteiger partial charge < -0.3 is 10.5 Å². The summed E-state index contributed by atoms with van der Waals surface area (Å²) < 4.78 is 20.6. The van der Waals surface area contributed by atoms with E-state index in [9.17, 15) is 4.39 Å². The molecule has 2 N–H and O–H groups in total. The number of ether oxygens (including phenoxy) is 1. The van der Waals surface area contributed by atoms with E-state index in [0.29, 0.717) is 27.5 Å². The lowest BCUT2D eigenvalue weighted by Crippen LogP contribution is -1.97. The normalized spacial score (nSPS) is 10.6. The highest BCUT2D eigenvalue weighted by Gasteiger charge is 2.13. The molecule has 0 saturated carbocycles. The number of aryl methyl sites for hydroxylation is 2. The molecule has 0 unspecified atom stereocenters. The average Bonchev–Trinajstić information content (AvgIpc) is 2.48. The van der Waals surface area contributed by atoms with Crippen LogP contribution in [0.5, 0.6) is 11.6 Å². The molecule has 90 valence electrons. The Morgan fingerprint density at radius 2 is 2.18 bits per heavy atom. The first kappa shape index (κ1) is 11.9. The van der Waals surface area contributed by atoms with Crippen molar-refractivity contribution in [3.63, 3.8) is 0 Å². The third-order valence-electron chi connectivity index (χ3n) is 2.31. The Balaban J connectivity index is 2.38. The zero-order valence-electron chi connectivity index (χ0n) is 9.37. The van der Waals surface area contributed by atoms with Crippen LogP contribution in [0.3, 0.4) is 0 Å². The number of nitrogen functional groups attached to an aromatic ring is 1. The highest BCUT2D eigenvalue weighted by molar-refractivity contribution is 9.10. The van der Waals surface area contributed by atoms with E-state index >= 15 is 0 Å². The monoisotopic (exact) mass is 299 g/mol. The van der Waals surface area contributed by atoms with Gasteiger partial charge in [0.25, 0.3) is 0 Å². The molecule has 0 amide bonds. The number of hydrogen-bond acceptors (Lipinski definition) is 3. The average molecular weight is 300 g/mol. The first-order valence-corrected chi connectivity index (χ1v) is 5.70. The van der Waals surface area contributed by atoms with Gasteiger partial charge in [-0.3, -0.25) is 0 Å². The topological polar surface area (TPSA) is 53.1 Å². The fourth-order valence-electron chi connectivity index (χ4n) is 1.44. The Morgan fingerprint density at radius 1 is 1.47 bits per heavy atom. The molecule has 17 heavy (non-hydrogen) atoms. The molecule has 2 aromatic rings. The van der Waals surface area contributed by atoms with Crippen LogP contribution in [-0.4, -0.2) is 9.78 Å². The van der Waals surface area contributed by atoms with Gasteiger partial charge in [0.1, 0.15) is 17.3 Å². The van der Waals surface area contributed by atoms with Gasteiger partial charge in [0.2, 0.25) is 5.88 Å². The van der Waals surface area contributed by atoms with Gasteiger partial charge in [0, 0.05) is 7.05 Å². The van der Waals surface area contributed by atoms with Gasteiger partial charge in [-0.25, -0.2) is 9.07 Å². The van der Waals surface area contributed by atoms with Crippen LogP contribution in [0.25, 0.3) is 0 Å². The van der Waals surface area contributed by atoms with Crippen molar-refractivity contribution < 1.29 is 9.13 Å². The van der Waals surface area contributed by atoms with Crippen LogP contribution in [0.2, 0.25) is 0 Å². The highest BCUT2D eigenvalue weighted by atomic mass is 79.9. The van der Waals surface area contributed by atoms with Gasteiger partial charge in [-0.15, -0.1) is 0 Å². The van der Waals surface area contributed by atoms with Gasteiger partial charge >= 0.3 is 0 Å². The van der Waals surface area contributed by atoms with Gasteiger partial charge in [-0.2, -0.15) is 5.10 Å². The first-order chi connectivity index (χ1) is 7.99. The summed E-state index contributed by atoms with van der Waals surface area (Å²) in [5.41, 5.74) is 7.00. The molecule has 1 heterocycles. The fraction of sp³-hybridized carbons (Fsp3) is 0.182. The molecule has 0 spiro atoms. The number of aromatic nitrogens is 2. The molecule has 6 heteroatoms. The molecular weight excluding hydrogens is 289 g/mol. The molecular formula is C11H11BrFN3O. The second kappa shape index (κ2) is 4.37. The summed E-state index contributed by atoms with van der Waals surface area (Å²) >= 11 is 3.23. The third kappa shape index (κ3) is 2.26. The van der Waals surface area contributed by atoms with E-state index in [1.165, 1.54) is 18.2 Å². The predicted octanol–water partition coefficient (Wildman–Crippen LogP) is 3.00. The lowest BCUT2D eigenvalue weighted by molar-refractivity contribution is 0.429. The van der Waals surface area contributed by atoms with E-state index in [1.54, 1.807) is 18.7 Å². The maximum atomic E-state index is 12.9. The molecule has 2 rings (SSSR count). The van der Waals surface area contributed by atoms with Crippen molar-refractivity contribution in [3.8, 4) is 11.6 Å². The maximum absolute atomic E-state index is 12.9. The lowest BCUT2D eigenvalue weighted by atomic mass is 10.3.